The van der Waals surface area contributed by atoms with E-state index in [1.165, 1.54) is 5.56 Å². The molecule has 0 saturated heterocycles. The van der Waals surface area contributed by atoms with E-state index in [2.05, 4.69) is 15.7 Å². The van der Waals surface area contributed by atoms with Crippen molar-refractivity contribution in [1.29, 1.82) is 0 Å². The number of benzene rings is 2. The van der Waals surface area contributed by atoms with E-state index in [1.807, 2.05) is 66.2 Å². The molecule has 0 radical (unpaired) electrons. The zero-order valence-electron chi connectivity index (χ0n) is 16.4. The lowest BCUT2D eigenvalue weighted by molar-refractivity contribution is -0.120. The summed E-state index contributed by atoms with van der Waals surface area (Å²) in [5.74, 6) is -0.527. The molecule has 6 nitrogen and oxygen atoms in total. The summed E-state index contributed by atoms with van der Waals surface area (Å²) in [4.78, 5) is 24.8. The predicted molar refractivity (Wildman–Crippen MR) is 111 cm³/mol. The number of carbonyl (C=O) groups is 2. The summed E-state index contributed by atoms with van der Waals surface area (Å²) in [5.41, 5.74) is 5.65. The van der Waals surface area contributed by atoms with Gasteiger partial charge in [-0.15, -0.1) is 0 Å². The van der Waals surface area contributed by atoms with E-state index in [4.69, 9.17) is 0 Å². The van der Waals surface area contributed by atoms with E-state index < -0.39 is 0 Å². The molecule has 2 N–H and O–H groups in total. The number of aromatic nitrogens is 2. The number of nitrogens with zero attached hydrogens (tertiary/aromatic N) is 2. The summed E-state index contributed by atoms with van der Waals surface area (Å²) in [6.45, 7) is 2.41. The molecule has 1 aliphatic rings. The molecule has 0 spiro atoms. The highest BCUT2D eigenvalue weighted by Gasteiger charge is 2.27. The van der Waals surface area contributed by atoms with Crippen LogP contribution in [0.3, 0.4) is 0 Å². The van der Waals surface area contributed by atoms with Gasteiger partial charge >= 0.3 is 0 Å². The van der Waals surface area contributed by atoms with E-state index in [0.717, 1.165) is 41.8 Å². The van der Waals surface area contributed by atoms with Crippen LogP contribution in [0.15, 0.2) is 54.6 Å². The van der Waals surface area contributed by atoms with Gasteiger partial charge in [-0.05, 0) is 43.9 Å². The third-order valence-corrected chi connectivity index (χ3v) is 5.17. The normalized spacial score (nSPS) is 12.4. The van der Waals surface area contributed by atoms with Gasteiger partial charge in [-0.1, -0.05) is 48.0 Å². The number of amides is 2. The van der Waals surface area contributed by atoms with Gasteiger partial charge in [-0.25, -0.2) is 4.68 Å². The second-order valence-electron chi connectivity index (χ2n) is 7.32. The Morgan fingerprint density at radius 1 is 1.00 bits per heavy atom. The van der Waals surface area contributed by atoms with Gasteiger partial charge in [-0.3, -0.25) is 9.59 Å². The van der Waals surface area contributed by atoms with Gasteiger partial charge in [0.05, 0.1) is 12.2 Å². The third kappa shape index (κ3) is 4.21. The average molecular weight is 388 g/mol. The molecule has 0 aliphatic heterocycles. The Kier molecular flexibility index (Phi) is 5.42. The number of nitrogens with one attached hydrogen (secondary N) is 2. The van der Waals surface area contributed by atoms with Gasteiger partial charge in [0, 0.05) is 17.8 Å². The number of hydrogen-bond donors (Lipinski definition) is 2. The van der Waals surface area contributed by atoms with E-state index in [0.29, 0.717) is 12.2 Å². The highest BCUT2D eigenvalue weighted by molar-refractivity contribution is 5.96. The van der Waals surface area contributed by atoms with Gasteiger partial charge in [0.1, 0.15) is 0 Å². The molecule has 0 atom stereocenters. The largest absolute Gasteiger partial charge is 0.350 e. The number of rotatable bonds is 6. The molecule has 6 heteroatoms. The monoisotopic (exact) mass is 388 g/mol. The Bertz CT molecular complexity index is 1020. The number of hydrogen-bond acceptors (Lipinski definition) is 3. The number of fused-ring (bicyclic) bond motifs is 1. The maximum atomic E-state index is 12.7. The summed E-state index contributed by atoms with van der Waals surface area (Å²) in [6, 6.07) is 17.8. The summed E-state index contributed by atoms with van der Waals surface area (Å²) in [6.07, 6.45) is 2.75. The quantitative estimate of drug-likeness (QED) is 0.682. The zero-order valence-corrected chi connectivity index (χ0v) is 16.4. The SMILES string of the molecule is Cc1ccc(-n2nc(C(=O)NCC(=O)NCc3ccccc3)c3c2CCC3)cc1. The average Bonchev–Trinajstić information content (AvgIpc) is 3.35. The Balaban J connectivity index is 1.42. The van der Waals surface area contributed by atoms with E-state index >= 15 is 0 Å². The van der Waals surface area contributed by atoms with Crippen molar-refractivity contribution >= 4 is 11.8 Å². The Morgan fingerprint density at radius 2 is 1.76 bits per heavy atom. The molecule has 1 aromatic heterocycles. The van der Waals surface area contributed by atoms with Crippen molar-refractivity contribution in [2.24, 2.45) is 0 Å². The first-order chi connectivity index (χ1) is 14.1. The molecular formula is C23H24N4O2. The fourth-order valence-electron chi connectivity index (χ4n) is 3.62. The maximum Gasteiger partial charge on any atom is 0.272 e. The van der Waals surface area contributed by atoms with E-state index in [9.17, 15) is 9.59 Å². The third-order valence-electron chi connectivity index (χ3n) is 5.17. The molecule has 1 aliphatic carbocycles. The van der Waals surface area contributed by atoms with Crippen LogP contribution < -0.4 is 10.6 Å². The van der Waals surface area contributed by atoms with Gasteiger partial charge in [0.15, 0.2) is 5.69 Å². The van der Waals surface area contributed by atoms with Gasteiger partial charge in [0.2, 0.25) is 5.91 Å². The van der Waals surface area contributed by atoms with Gasteiger partial charge in [0.25, 0.3) is 5.91 Å². The minimum Gasteiger partial charge on any atom is -0.350 e. The van der Waals surface area contributed by atoms with Crippen LogP contribution in [0, 0.1) is 6.92 Å². The van der Waals surface area contributed by atoms with Crippen LogP contribution in [0.4, 0.5) is 0 Å². The van der Waals surface area contributed by atoms with Crippen molar-refractivity contribution < 1.29 is 9.59 Å². The zero-order chi connectivity index (χ0) is 20.2. The van der Waals surface area contributed by atoms with Crippen molar-refractivity contribution in [2.45, 2.75) is 32.7 Å². The Labute approximate surface area is 169 Å². The fraction of sp³-hybridized carbons (Fsp3) is 0.261. The summed E-state index contributed by atoms with van der Waals surface area (Å²) < 4.78 is 1.87. The van der Waals surface area contributed by atoms with Crippen LogP contribution >= 0.6 is 0 Å². The lowest BCUT2D eigenvalue weighted by Gasteiger charge is -2.07. The Morgan fingerprint density at radius 3 is 2.52 bits per heavy atom. The standard InChI is InChI=1S/C23H24N4O2/c1-16-10-12-18(13-11-16)27-20-9-5-8-19(20)22(26-27)23(29)25-15-21(28)24-14-17-6-3-2-4-7-17/h2-4,6-7,10-13H,5,8-9,14-15H2,1H3,(H,24,28)(H,25,29). The topological polar surface area (TPSA) is 76.0 Å². The maximum absolute atomic E-state index is 12.7. The highest BCUT2D eigenvalue weighted by atomic mass is 16.2. The summed E-state index contributed by atoms with van der Waals surface area (Å²) in [5, 5.41) is 10.1. The molecule has 0 bridgehead atoms. The van der Waals surface area contributed by atoms with Gasteiger partial charge in [-0.2, -0.15) is 5.10 Å². The second kappa shape index (κ2) is 8.31. The second-order valence-corrected chi connectivity index (χ2v) is 7.32. The fourth-order valence-corrected chi connectivity index (χ4v) is 3.62. The smallest absolute Gasteiger partial charge is 0.272 e. The van der Waals surface area contributed by atoms with Crippen LogP contribution in [0.1, 0.15) is 39.3 Å². The van der Waals surface area contributed by atoms with Crippen LogP contribution in [-0.2, 0) is 24.2 Å². The van der Waals surface area contributed by atoms with Crippen LogP contribution in [0.25, 0.3) is 5.69 Å². The van der Waals surface area contributed by atoms with Crippen molar-refractivity contribution in [2.75, 3.05) is 6.54 Å². The van der Waals surface area contributed by atoms with Crippen molar-refractivity contribution in [3.05, 3.63) is 82.7 Å². The summed E-state index contributed by atoms with van der Waals surface area (Å²) in [7, 11) is 0. The lowest BCUT2D eigenvalue weighted by atomic mass is 10.2. The molecule has 2 aromatic carbocycles. The first-order valence-electron chi connectivity index (χ1n) is 9.88. The Hall–Kier alpha value is -3.41. The number of carbonyl (C=O) groups excluding carboxylic acids is 2. The van der Waals surface area contributed by atoms with E-state index in [1.54, 1.807) is 0 Å². The molecule has 1 heterocycles. The predicted octanol–water partition coefficient (Wildman–Crippen LogP) is 2.72. The van der Waals surface area contributed by atoms with E-state index in [-0.39, 0.29) is 18.4 Å². The molecule has 29 heavy (non-hydrogen) atoms. The molecule has 148 valence electrons. The minimum absolute atomic E-state index is 0.0716. The van der Waals surface area contributed by atoms with Gasteiger partial charge < -0.3 is 10.6 Å². The first-order valence-corrected chi connectivity index (χ1v) is 9.88. The van der Waals surface area contributed by atoms with Crippen LogP contribution in [-0.4, -0.2) is 28.1 Å². The molecule has 2 amide bonds. The molecule has 4 rings (SSSR count). The molecule has 0 fully saturated rings. The molecule has 0 unspecified atom stereocenters. The minimum atomic E-state index is -0.302. The van der Waals surface area contributed by atoms with Crippen molar-refractivity contribution in [3.8, 4) is 5.69 Å². The first kappa shape index (κ1) is 18.9. The molecule has 3 aromatic rings. The highest BCUT2D eigenvalue weighted by Crippen LogP contribution is 2.27. The van der Waals surface area contributed by atoms with Crippen LogP contribution in [0.5, 0.6) is 0 Å². The van der Waals surface area contributed by atoms with Crippen molar-refractivity contribution in [3.63, 3.8) is 0 Å². The lowest BCUT2D eigenvalue weighted by Crippen LogP contribution is -2.37. The molecular weight excluding hydrogens is 364 g/mol. The van der Waals surface area contributed by atoms with Crippen molar-refractivity contribution in [1.82, 2.24) is 20.4 Å². The number of aryl methyl sites for hydroxylation is 1. The molecule has 0 saturated carbocycles. The van der Waals surface area contributed by atoms with Crippen LogP contribution in [0.2, 0.25) is 0 Å². The summed E-state index contributed by atoms with van der Waals surface area (Å²) >= 11 is 0.